The van der Waals surface area contributed by atoms with E-state index in [1.165, 1.54) is 4.72 Å². The minimum atomic E-state index is -4.70. The second kappa shape index (κ2) is 6.26. The number of nitro groups is 1. The molecule has 1 aromatic carbocycles. The third-order valence-corrected chi connectivity index (χ3v) is 3.70. The lowest BCUT2D eigenvalue weighted by atomic mass is 10.2. The molecule has 0 bridgehead atoms. The summed E-state index contributed by atoms with van der Waals surface area (Å²) in [5, 5.41) is 13.4. The number of halogens is 3. The van der Waals surface area contributed by atoms with Crippen LogP contribution in [0.3, 0.4) is 0 Å². The van der Waals surface area contributed by atoms with Crippen LogP contribution in [0.5, 0.6) is 0 Å². The van der Waals surface area contributed by atoms with Crippen LogP contribution in [-0.2, 0) is 10.0 Å². The molecule has 0 unspecified atom stereocenters. The number of benzene rings is 1. The van der Waals surface area contributed by atoms with E-state index in [2.05, 4.69) is 5.32 Å². The SMILES string of the molecule is CCNc1cc(S(=O)(=O)NCC(F)(F)F)ccc1[N+](=O)[O-]. The maximum atomic E-state index is 12.0. The highest BCUT2D eigenvalue weighted by Crippen LogP contribution is 2.27. The van der Waals surface area contributed by atoms with Gasteiger partial charge < -0.3 is 5.32 Å². The van der Waals surface area contributed by atoms with Gasteiger partial charge in [-0.1, -0.05) is 0 Å². The molecular formula is C10H12F3N3O4S. The monoisotopic (exact) mass is 327 g/mol. The van der Waals surface area contributed by atoms with Gasteiger partial charge in [0.15, 0.2) is 0 Å². The van der Waals surface area contributed by atoms with Crippen molar-refractivity contribution in [2.24, 2.45) is 0 Å². The predicted octanol–water partition coefficient (Wildman–Crippen LogP) is 1.87. The molecule has 0 aromatic heterocycles. The van der Waals surface area contributed by atoms with Crippen molar-refractivity contribution in [3.8, 4) is 0 Å². The topological polar surface area (TPSA) is 101 Å². The summed E-state index contributed by atoms with van der Waals surface area (Å²) in [4.78, 5) is 9.55. The second-order valence-corrected chi connectivity index (χ2v) is 5.67. The molecule has 0 atom stereocenters. The zero-order valence-corrected chi connectivity index (χ0v) is 11.6. The maximum absolute atomic E-state index is 12.0. The molecule has 21 heavy (non-hydrogen) atoms. The fraction of sp³-hybridized carbons (Fsp3) is 0.400. The second-order valence-electron chi connectivity index (χ2n) is 3.91. The molecule has 0 saturated carbocycles. The van der Waals surface area contributed by atoms with Crippen molar-refractivity contribution in [2.75, 3.05) is 18.4 Å². The van der Waals surface area contributed by atoms with Crippen molar-refractivity contribution < 1.29 is 26.5 Å². The Hall–Kier alpha value is -1.88. The lowest BCUT2D eigenvalue weighted by Crippen LogP contribution is -2.33. The Labute approximate surface area is 118 Å². The molecule has 11 heteroatoms. The van der Waals surface area contributed by atoms with E-state index >= 15 is 0 Å². The molecule has 7 nitrogen and oxygen atoms in total. The van der Waals surface area contributed by atoms with Gasteiger partial charge in [0, 0.05) is 12.6 Å². The fourth-order valence-corrected chi connectivity index (χ4v) is 2.47. The quantitative estimate of drug-likeness (QED) is 0.613. The summed E-state index contributed by atoms with van der Waals surface area (Å²) in [6, 6.07) is 2.71. The summed E-state index contributed by atoms with van der Waals surface area (Å²) in [7, 11) is -4.41. The summed E-state index contributed by atoms with van der Waals surface area (Å²) in [6.07, 6.45) is -4.70. The Balaban J connectivity index is 3.13. The van der Waals surface area contributed by atoms with E-state index in [9.17, 15) is 31.7 Å². The van der Waals surface area contributed by atoms with Gasteiger partial charge in [-0.05, 0) is 19.1 Å². The molecule has 0 amide bonds. The van der Waals surface area contributed by atoms with Crippen molar-refractivity contribution >= 4 is 21.4 Å². The molecular weight excluding hydrogens is 315 g/mol. The van der Waals surface area contributed by atoms with E-state index in [1.807, 2.05) is 0 Å². The molecule has 118 valence electrons. The zero-order chi connectivity index (χ0) is 16.3. The third kappa shape index (κ3) is 4.86. The molecule has 0 aliphatic rings. The zero-order valence-electron chi connectivity index (χ0n) is 10.8. The Morgan fingerprint density at radius 3 is 2.43 bits per heavy atom. The van der Waals surface area contributed by atoms with Gasteiger partial charge in [0.2, 0.25) is 10.0 Å². The lowest BCUT2D eigenvalue weighted by molar-refractivity contribution is -0.384. The molecule has 1 rings (SSSR count). The van der Waals surface area contributed by atoms with Gasteiger partial charge in [0.1, 0.15) is 12.2 Å². The normalized spacial score (nSPS) is 12.2. The molecule has 0 aliphatic carbocycles. The van der Waals surface area contributed by atoms with E-state index in [1.54, 1.807) is 6.92 Å². The summed E-state index contributed by atoms with van der Waals surface area (Å²) in [5.41, 5.74) is -0.455. The van der Waals surface area contributed by atoms with Gasteiger partial charge in [-0.25, -0.2) is 13.1 Å². The van der Waals surface area contributed by atoms with Crippen LogP contribution in [0.4, 0.5) is 24.5 Å². The van der Waals surface area contributed by atoms with Gasteiger partial charge in [-0.3, -0.25) is 10.1 Å². The average Bonchev–Trinajstić information content (AvgIpc) is 2.36. The Bertz CT molecular complexity index is 631. The van der Waals surface area contributed by atoms with Crippen molar-refractivity contribution in [3.63, 3.8) is 0 Å². The van der Waals surface area contributed by atoms with Crippen LogP contribution >= 0.6 is 0 Å². The third-order valence-electron chi connectivity index (χ3n) is 2.30. The van der Waals surface area contributed by atoms with Crippen LogP contribution in [0.1, 0.15) is 6.92 Å². The molecule has 2 N–H and O–H groups in total. The molecule has 1 aromatic rings. The first kappa shape index (κ1) is 17.2. The molecule has 0 spiro atoms. The van der Waals surface area contributed by atoms with E-state index in [4.69, 9.17) is 0 Å². The number of alkyl halides is 3. The minimum absolute atomic E-state index is 0.0858. The van der Waals surface area contributed by atoms with E-state index in [-0.39, 0.29) is 17.9 Å². The Morgan fingerprint density at radius 2 is 1.95 bits per heavy atom. The van der Waals surface area contributed by atoms with Crippen LogP contribution in [0, 0.1) is 10.1 Å². The molecule has 0 saturated heterocycles. The first-order chi connectivity index (χ1) is 9.57. The number of anilines is 1. The van der Waals surface area contributed by atoms with Crippen LogP contribution < -0.4 is 10.0 Å². The number of rotatable bonds is 6. The number of nitrogens with zero attached hydrogens (tertiary/aromatic N) is 1. The number of hydrogen-bond acceptors (Lipinski definition) is 5. The summed E-state index contributed by atoms with van der Waals surface area (Å²) in [6.45, 7) is 0.190. The number of nitro benzene ring substituents is 1. The first-order valence-corrected chi connectivity index (χ1v) is 7.14. The highest BCUT2D eigenvalue weighted by Gasteiger charge is 2.30. The van der Waals surface area contributed by atoms with Crippen LogP contribution in [0.2, 0.25) is 0 Å². The maximum Gasteiger partial charge on any atom is 0.402 e. The molecule has 0 radical (unpaired) electrons. The van der Waals surface area contributed by atoms with Gasteiger partial charge in [0.05, 0.1) is 9.82 Å². The van der Waals surface area contributed by atoms with Crippen molar-refractivity contribution in [1.29, 1.82) is 0 Å². The van der Waals surface area contributed by atoms with Gasteiger partial charge in [0.25, 0.3) is 5.69 Å². The van der Waals surface area contributed by atoms with Crippen molar-refractivity contribution in [3.05, 3.63) is 28.3 Å². The number of nitrogens with one attached hydrogen (secondary N) is 2. The first-order valence-electron chi connectivity index (χ1n) is 5.65. The molecule has 0 aliphatic heterocycles. The molecule has 0 heterocycles. The summed E-state index contributed by atoms with van der Waals surface area (Å²) < 4.78 is 60.9. The minimum Gasteiger partial charge on any atom is -0.380 e. The van der Waals surface area contributed by atoms with Gasteiger partial charge >= 0.3 is 6.18 Å². The standard InChI is InChI=1S/C10H12F3N3O4S/c1-2-14-8-5-7(3-4-9(8)16(17)18)21(19,20)15-6-10(11,12)13/h3-5,14-15H,2,6H2,1H3. The lowest BCUT2D eigenvalue weighted by Gasteiger charge is -2.11. The number of sulfonamides is 1. The van der Waals surface area contributed by atoms with E-state index in [0.29, 0.717) is 0 Å². The van der Waals surface area contributed by atoms with Gasteiger partial charge in [-0.15, -0.1) is 0 Å². The average molecular weight is 327 g/mol. The predicted molar refractivity (Wildman–Crippen MR) is 68.5 cm³/mol. The van der Waals surface area contributed by atoms with E-state index in [0.717, 1.165) is 18.2 Å². The fourth-order valence-electron chi connectivity index (χ4n) is 1.43. The summed E-state index contributed by atoms with van der Waals surface area (Å²) in [5.74, 6) is 0. The van der Waals surface area contributed by atoms with Crippen molar-refractivity contribution in [2.45, 2.75) is 18.0 Å². The highest BCUT2D eigenvalue weighted by atomic mass is 32.2. The molecule has 0 fully saturated rings. The Morgan fingerprint density at radius 1 is 1.33 bits per heavy atom. The largest absolute Gasteiger partial charge is 0.402 e. The van der Waals surface area contributed by atoms with Crippen LogP contribution in [0.15, 0.2) is 23.1 Å². The van der Waals surface area contributed by atoms with Gasteiger partial charge in [-0.2, -0.15) is 13.2 Å². The smallest absolute Gasteiger partial charge is 0.380 e. The van der Waals surface area contributed by atoms with Crippen LogP contribution in [0.25, 0.3) is 0 Å². The van der Waals surface area contributed by atoms with Crippen LogP contribution in [-0.4, -0.2) is 32.6 Å². The van der Waals surface area contributed by atoms with Crippen molar-refractivity contribution in [1.82, 2.24) is 4.72 Å². The Kier molecular flexibility index (Phi) is 5.12. The van der Waals surface area contributed by atoms with E-state index < -0.39 is 32.6 Å². The summed E-state index contributed by atoms with van der Waals surface area (Å²) >= 11 is 0. The number of hydrogen-bond donors (Lipinski definition) is 2. The highest BCUT2D eigenvalue weighted by molar-refractivity contribution is 7.89.